The first-order valence-corrected chi connectivity index (χ1v) is 6.71. The van der Waals surface area contributed by atoms with Gasteiger partial charge in [-0.15, -0.1) is 0 Å². The summed E-state index contributed by atoms with van der Waals surface area (Å²) in [5.74, 6) is 0.143. The maximum Gasteiger partial charge on any atom is 0.255 e. The average Bonchev–Trinajstić information content (AvgIpc) is 2.86. The van der Waals surface area contributed by atoms with Crippen LogP contribution in [0.25, 0.3) is 0 Å². The van der Waals surface area contributed by atoms with Gasteiger partial charge in [0.2, 0.25) is 0 Å². The van der Waals surface area contributed by atoms with Gasteiger partial charge in [-0.25, -0.2) is 4.98 Å². The summed E-state index contributed by atoms with van der Waals surface area (Å²) in [6, 6.07) is 3.43. The fourth-order valence-corrected chi connectivity index (χ4v) is 2.76. The van der Waals surface area contributed by atoms with Gasteiger partial charge in [0.1, 0.15) is 5.82 Å². The zero-order valence-corrected chi connectivity index (χ0v) is 11.6. The number of pyridine rings is 1. The lowest BCUT2D eigenvalue weighted by Crippen LogP contribution is -2.50. The SMILES string of the molecule is CN(C)C1(CNC(=O)c2cccnc2N)CCCC1. The molecule has 1 aliphatic carbocycles. The topological polar surface area (TPSA) is 71.2 Å². The van der Waals surface area contributed by atoms with Gasteiger partial charge in [-0.1, -0.05) is 12.8 Å². The van der Waals surface area contributed by atoms with Crippen LogP contribution >= 0.6 is 0 Å². The molecule has 1 fully saturated rings. The summed E-state index contributed by atoms with van der Waals surface area (Å²) in [5.41, 5.74) is 6.26. The molecule has 0 bridgehead atoms. The predicted molar refractivity (Wildman–Crippen MR) is 75.9 cm³/mol. The van der Waals surface area contributed by atoms with Gasteiger partial charge in [-0.3, -0.25) is 4.79 Å². The quantitative estimate of drug-likeness (QED) is 0.857. The lowest BCUT2D eigenvalue weighted by atomic mass is 9.96. The Labute approximate surface area is 114 Å². The van der Waals surface area contributed by atoms with Gasteiger partial charge in [0.05, 0.1) is 5.56 Å². The highest BCUT2D eigenvalue weighted by atomic mass is 16.1. The number of nitrogen functional groups attached to an aromatic ring is 1. The van der Waals surface area contributed by atoms with Gasteiger partial charge in [-0.05, 0) is 39.1 Å². The predicted octanol–water partition coefficient (Wildman–Crippen LogP) is 1.27. The van der Waals surface area contributed by atoms with Crippen LogP contribution in [0.4, 0.5) is 5.82 Å². The molecular weight excluding hydrogens is 240 g/mol. The van der Waals surface area contributed by atoms with Gasteiger partial charge in [0, 0.05) is 18.3 Å². The third-order valence-corrected chi connectivity index (χ3v) is 4.14. The Kier molecular flexibility index (Phi) is 4.04. The first kappa shape index (κ1) is 13.8. The number of nitrogens with one attached hydrogen (secondary N) is 1. The number of carbonyl (C=O) groups is 1. The maximum atomic E-state index is 12.1. The van der Waals surface area contributed by atoms with Crippen molar-refractivity contribution in [2.45, 2.75) is 31.2 Å². The Morgan fingerprint density at radius 1 is 1.47 bits per heavy atom. The summed E-state index contributed by atoms with van der Waals surface area (Å²) in [4.78, 5) is 18.3. The summed E-state index contributed by atoms with van der Waals surface area (Å²) >= 11 is 0. The second-order valence-corrected chi connectivity index (χ2v) is 5.44. The molecule has 1 heterocycles. The molecule has 19 heavy (non-hydrogen) atoms. The zero-order chi connectivity index (χ0) is 13.9. The minimum Gasteiger partial charge on any atom is -0.383 e. The number of likely N-dealkylation sites (N-methyl/N-ethyl adjacent to an activating group) is 1. The lowest BCUT2D eigenvalue weighted by Gasteiger charge is -2.36. The number of nitrogens with two attached hydrogens (primary N) is 1. The summed E-state index contributed by atoms with van der Waals surface area (Å²) < 4.78 is 0. The highest BCUT2D eigenvalue weighted by Crippen LogP contribution is 2.33. The number of rotatable bonds is 4. The zero-order valence-electron chi connectivity index (χ0n) is 11.6. The molecule has 1 amide bonds. The maximum absolute atomic E-state index is 12.1. The summed E-state index contributed by atoms with van der Waals surface area (Å²) in [6.45, 7) is 0.660. The highest BCUT2D eigenvalue weighted by Gasteiger charge is 2.36. The highest BCUT2D eigenvalue weighted by molar-refractivity contribution is 5.98. The molecule has 3 N–H and O–H groups in total. The van der Waals surface area contributed by atoms with E-state index in [1.54, 1.807) is 18.3 Å². The van der Waals surface area contributed by atoms with Crippen LogP contribution in [-0.2, 0) is 0 Å². The van der Waals surface area contributed by atoms with E-state index in [-0.39, 0.29) is 17.3 Å². The molecule has 1 aromatic heterocycles. The average molecular weight is 262 g/mol. The monoisotopic (exact) mass is 262 g/mol. The second-order valence-electron chi connectivity index (χ2n) is 5.44. The third kappa shape index (κ3) is 2.87. The number of amides is 1. The van der Waals surface area contributed by atoms with Crippen LogP contribution in [0.1, 0.15) is 36.0 Å². The van der Waals surface area contributed by atoms with E-state index < -0.39 is 0 Å². The number of hydrogen-bond donors (Lipinski definition) is 2. The van der Waals surface area contributed by atoms with Crippen LogP contribution in [0.3, 0.4) is 0 Å². The molecule has 2 rings (SSSR count). The lowest BCUT2D eigenvalue weighted by molar-refractivity contribution is 0.0900. The van der Waals surface area contributed by atoms with Crippen LogP contribution in [0.5, 0.6) is 0 Å². The summed E-state index contributed by atoms with van der Waals surface area (Å²) in [5, 5.41) is 3.00. The Morgan fingerprint density at radius 3 is 2.74 bits per heavy atom. The Balaban J connectivity index is 2.02. The van der Waals surface area contributed by atoms with Crippen molar-refractivity contribution in [2.75, 3.05) is 26.4 Å². The molecule has 5 nitrogen and oxygen atoms in total. The van der Waals surface area contributed by atoms with E-state index in [1.807, 2.05) is 0 Å². The van der Waals surface area contributed by atoms with Gasteiger partial charge in [0.15, 0.2) is 0 Å². The Hall–Kier alpha value is -1.62. The smallest absolute Gasteiger partial charge is 0.255 e. The van der Waals surface area contributed by atoms with Crippen molar-refractivity contribution >= 4 is 11.7 Å². The molecule has 0 radical (unpaired) electrons. The molecule has 0 unspecified atom stereocenters. The van der Waals surface area contributed by atoms with Crippen LogP contribution in [0.15, 0.2) is 18.3 Å². The van der Waals surface area contributed by atoms with Gasteiger partial charge >= 0.3 is 0 Å². The molecule has 1 saturated carbocycles. The molecule has 0 aliphatic heterocycles. The van der Waals surface area contributed by atoms with Crippen molar-refractivity contribution in [3.8, 4) is 0 Å². The minimum atomic E-state index is -0.140. The first-order chi connectivity index (χ1) is 9.05. The molecule has 0 spiro atoms. The van der Waals surface area contributed by atoms with Crippen molar-refractivity contribution in [2.24, 2.45) is 0 Å². The number of aromatic nitrogens is 1. The molecular formula is C14H22N4O. The van der Waals surface area contributed by atoms with Crippen LogP contribution in [0.2, 0.25) is 0 Å². The second kappa shape index (κ2) is 5.57. The number of carbonyl (C=O) groups excluding carboxylic acids is 1. The largest absolute Gasteiger partial charge is 0.383 e. The first-order valence-electron chi connectivity index (χ1n) is 6.71. The Morgan fingerprint density at radius 2 is 2.16 bits per heavy atom. The molecule has 5 heteroatoms. The minimum absolute atomic E-state index is 0.0899. The van der Waals surface area contributed by atoms with E-state index in [0.29, 0.717) is 12.1 Å². The fourth-order valence-electron chi connectivity index (χ4n) is 2.76. The van der Waals surface area contributed by atoms with E-state index in [1.165, 1.54) is 12.8 Å². The van der Waals surface area contributed by atoms with Gasteiger partial charge in [0.25, 0.3) is 5.91 Å². The van der Waals surface area contributed by atoms with Crippen LogP contribution in [-0.4, -0.2) is 42.0 Å². The molecule has 1 aromatic rings. The number of anilines is 1. The number of nitrogens with zero attached hydrogens (tertiary/aromatic N) is 2. The Bertz CT molecular complexity index is 453. The van der Waals surface area contributed by atoms with E-state index in [9.17, 15) is 4.79 Å². The molecule has 0 saturated heterocycles. The summed E-state index contributed by atoms with van der Waals surface area (Å²) in [6.07, 6.45) is 6.29. The third-order valence-electron chi connectivity index (χ3n) is 4.14. The molecule has 0 aromatic carbocycles. The van der Waals surface area contributed by atoms with Gasteiger partial charge < -0.3 is 16.0 Å². The van der Waals surface area contributed by atoms with Crippen LogP contribution in [0, 0.1) is 0 Å². The summed E-state index contributed by atoms with van der Waals surface area (Å²) in [7, 11) is 4.16. The molecule has 0 atom stereocenters. The van der Waals surface area contributed by atoms with E-state index in [0.717, 1.165) is 12.8 Å². The van der Waals surface area contributed by atoms with Crippen LogP contribution < -0.4 is 11.1 Å². The van der Waals surface area contributed by atoms with Crippen molar-refractivity contribution in [3.05, 3.63) is 23.9 Å². The van der Waals surface area contributed by atoms with E-state index in [4.69, 9.17) is 5.73 Å². The normalized spacial score (nSPS) is 17.6. The van der Waals surface area contributed by atoms with Crippen molar-refractivity contribution < 1.29 is 4.79 Å². The van der Waals surface area contributed by atoms with E-state index in [2.05, 4.69) is 29.3 Å². The van der Waals surface area contributed by atoms with Gasteiger partial charge in [-0.2, -0.15) is 0 Å². The number of hydrogen-bond acceptors (Lipinski definition) is 4. The van der Waals surface area contributed by atoms with Crippen molar-refractivity contribution in [1.82, 2.24) is 15.2 Å². The van der Waals surface area contributed by atoms with Crippen molar-refractivity contribution in [3.63, 3.8) is 0 Å². The van der Waals surface area contributed by atoms with E-state index >= 15 is 0 Å². The standard InChI is InChI=1S/C14H22N4O/c1-18(2)14(7-3-4-8-14)10-17-13(19)11-6-5-9-16-12(11)15/h5-6,9H,3-4,7-8,10H2,1-2H3,(H2,15,16)(H,17,19). The molecule has 104 valence electrons. The molecule has 1 aliphatic rings. The fraction of sp³-hybridized carbons (Fsp3) is 0.571. The van der Waals surface area contributed by atoms with Crippen molar-refractivity contribution in [1.29, 1.82) is 0 Å².